The quantitative estimate of drug-likeness (QED) is 0.210. The summed E-state index contributed by atoms with van der Waals surface area (Å²) in [5.74, 6) is 1.54. The molecule has 4 aromatic rings. The maximum absolute atomic E-state index is 11.8. The van der Waals surface area contributed by atoms with Crippen molar-refractivity contribution in [2.24, 2.45) is 5.92 Å². The zero-order valence-electron chi connectivity index (χ0n) is 22.6. The van der Waals surface area contributed by atoms with E-state index >= 15 is 0 Å². The van der Waals surface area contributed by atoms with Crippen molar-refractivity contribution in [3.8, 4) is 11.3 Å². The van der Waals surface area contributed by atoms with E-state index in [4.69, 9.17) is 32.7 Å². The zero-order chi connectivity index (χ0) is 28.0. The molecule has 2 atom stereocenters. The molecule has 2 N–H and O–H groups in total. The number of carboxylic acid groups (broad SMARTS) is 1. The number of nitrogens with one attached hydrogen (secondary N) is 1. The van der Waals surface area contributed by atoms with Crippen LogP contribution < -0.4 is 10.2 Å². The number of nitrogens with zero attached hydrogens (tertiary/aromatic N) is 3. The molecule has 9 rings (SSSR count). The topological polar surface area (TPSA) is 91.5 Å². The van der Waals surface area contributed by atoms with E-state index in [1.54, 1.807) is 17.4 Å². The van der Waals surface area contributed by atoms with Crippen molar-refractivity contribution >= 4 is 55.9 Å². The molecule has 2 aromatic carbocycles. The number of aromatic nitrogens is 2. The van der Waals surface area contributed by atoms with Gasteiger partial charge < -0.3 is 19.8 Å². The lowest BCUT2D eigenvalue weighted by Crippen LogP contribution is -2.70. The number of fused-ring (bicyclic) bond motifs is 3. The Morgan fingerprint density at radius 2 is 1.83 bits per heavy atom. The molecule has 2 saturated heterocycles. The van der Waals surface area contributed by atoms with Gasteiger partial charge in [-0.15, -0.1) is 0 Å². The summed E-state index contributed by atoms with van der Waals surface area (Å²) in [6.45, 7) is 3.00. The van der Waals surface area contributed by atoms with E-state index < -0.39 is 5.97 Å². The fourth-order valence-corrected chi connectivity index (χ4v) is 8.74. The van der Waals surface area contributed by atoms with Crippen LogP contribution in [0.5, 0.6) is 0 Å². The van der Waals surface area contributed by atoms with Gasteiger partial charge in [0.2, 0.25) is 0 Å². The standard InChI is InChI=1S/C31H30Cl2N4O3S/c1-14-23-11-18(34-13-20-28(36-40-29(20)16-7-8-16)26-21(32)3-2-4-22(26)33)12-24(14)37(23)31-35-27-19(15-5-6-15)9-17(30(38)39)10-25(27)41-31/h2-4,9-10,14-16,18,23-24,34H,5-8,11-13H2,1H3,(H,38,39). The van der Waals surface area contributed by atoms with E-state index in [0.29, 0.717) is 58.0 Å². The Morgan fingerprint density at radius 1 is 1.12 bits per heavy atom. The zero-order valence-corrected chi connectivity index (χ0v) is 24.9. The molecular weight excluding hydrogens is 579 g/mol. The first-order chi connectivity index (χ1) is 19.9. The highest BCUT2D eigenvalue weighted by Gasteiger charge is 2.52. The molecule has 2 unspecified atom stereocenters. The van der Waals surface area contributed by atoms with Crippen LogP contribution in [0.3, 0.4) is 0 Å². The fourth-order valence-electron chi connectivity index (χ4n) is 7.00. The molecule has 2 aliphatic heterocycles. The Bertz CT molecular complexity index is 1660. The summed E-state index contributed by atoms with van der Waals surface area (Å²) in [4.78, 5) is 19.4. The predicted molar refractivity (Wildman–Crippen MR) is 162 cm³/mol. The number of hydrogen-bond donors (Lipinski definition) is 2. The summed E-state index contributed by atoms with van der Waals surface area (Å²) in [6, 6.07) is 10.3. The van der Waals surface area contributed by atoms with Crippen LogP contribution in [0.1, 0.15) is 84.5 Å². The molecule has 41 heavy (non-hydrogen) atoms. The first-order valence-corrected chi connectivity index (χ1v) is 16.1. The van der Waals surface area contributed by atoms with Crippen LogP contribution in [0.15, 0.2) is 34.9 Å². The van der Waals surface area contributed by atoms with Crippen LogP contribution in [-0.4, -0.2) is 39.3 Å². The van der Waals surface area contributed by atoms with Crippen LogP contribution in [0.25, 0.3) is 21.5 Å². The van der Waals surface area contributed by atoms with Crippen LogP contribution in [0.4, 0.5) is 5.13 Å². The normalized spacial score (nSPS) is 25.5. The SMILES string of the molecule is CC1C2CC(NCc3c(-c4c(Cl)cccc4Cl)noc3C3CC3)CC1N2c1nc2c(C3CC3)cc(C(=O)O)cc2s1. The van der Waals surface area contributed by atoms with E-state index in [1.165, 1.54) is 0 Å². The van der Waals surface area contributed by atoms with Crippen LogP contribution in [0.2, 0.25) is 10.0 Å². The van der Waals surface area contributed by atoms with Crippen molar-refractivity contribution in [2.75, 3.05) is 4.90 Å². The highest BCUT2D eigenvalue weighted by Crippen LogP contribution is 2.51. The summed E-state index contributed by atoms with van der Waals surface area (Å²) >= 11 is 14.8. The van der Waals surface area contributed by atoms with Crippen molar-refractivity contribution in [1.29, 1.82) is 0 Å². The maximum atomic E-state index is 11.8. The molecule has 3 aliphatic carbocycles. The molecule has 0 amide bonds. The van der Waals surface area contributed by atoms with Gasteiger partial charge in [0, 0.05) is 41.7 Å². The molecule has 0 spiro atoms. The van der Waals surface area contributed by atoms with E-state index in [2.05, 4.69) is 22.3 Å². The number of aromatic carboxylic acids is 1. The van der Waals surface area contributed by atoms with Crippen molar-refractivity contribution in [3.05, 3.63) is 62.8 Å². The van der Waals surface area contributed by atoms with Gasteiger partial charge in [0.15, 0.2) is 5.13 Å². The molecule has 5 aliphatic rings. The molecule has 3 saturated carbocycles. The minimum atomic E-state index is -0.871. The van der Waals surface area contributed by atoms with Crippen molar-refractivity contribution < 1.29 is 14.4 Å². The second kappa shape index (κ2) is 9.69. The summed E-state index contributed by atoms with van der Waals surface area (Å²) in [6.07, 6.45) is 6.52. The van der Waals surface area contributed by atoms with E-state index in [9.17, 15) is 9.90 Å². The predicted octanol–water partition coefficient (Wildman–Crippen LogP) is 7.86. The van der Waals surface area contributed by atoms with Gasteiger partial charge in [0.1, 0.15) is 11.5 Å². The fraction of sp³-hybridized carbons (Fsp3) is 0.452. The van der Waals surface area contributed by atoms with E-state index in [-0.39, 0.29) is 0 Å². The summed E-state index contributed by atoms with van der Waals surface area (Å²) in [5, 5.41) is 20.1. The Morgan fingerprint density at radius 3 is 2.49 bits per heavy atom. The second-order valence-corrected chi connectivity index (χ2v) is 14.0. The third-order valence-corrected chi connectivity index (χ3v) is 11.2. The first kappa shape index (κ1) is 26.0. The first-order valence-electron chi connectivity index (χ1n) is 14.5. The van der Waals surface area contributed by atoms with Gasteiger partial charge >= 0.3 is 5.97 Å². The Labute approximate surface area is 251 Å². The summed E-state index contributed by atoms with van der Waals surface area (Å²) in [7, 11) is 0. The number of halogens is 2. The molecule has 7 nitrogen and oxygen atoms in total. The van der Waals surface area contributed by atoms with Gasteiger partial charge in [-0.25, -0.2) is 9.78 Å². The third kappa shape index (κ3) is 4.37. The lowest BCUT2D eigenvalue weighted by atomic mass is 9.69. The maximum Gasteiger partial charge on any atom is 0.335 e. The average molecular weight is 610 g/mol. The molecular formula is C31H30Cl2N4O3S. The largest absolute Gasteiger partial charge is 0.478 e. The van der Waals surface area contributed by atoms with Gasteiger partial charge in [-0.3, -0.25) is 0 Å². The average Bonchev–Trinajstić information content (AvgIpc) is 3.90. The van der Waals surface area contributed by atoms with Gasteiger partial charge in [-0.05, 0) is 80.2 Å². The minimum absolute atomic E-state index is 0.365. The lowest BCUT2D eigenvalue weighted by molar-refractivity contribution is 0.0697. The van der Waals surface area contributed by atoms with Gasteiger partial charge in [0.05, 0.1) is 25.8 Å². The molecule has 2 bridgehead atoms. The van der Waals surface area contributed by atoms with Crippen molar-refractivity contribution in [2.45, 2.75) is 82.0 Å². The van der Waals surface area contributed by atoms with Crippen molar-refractivity contribution in [3.63, 3.8) is 0 Å². The Hall–Kier alpha value is -2.65. The number of hydrogen-bond acceptors (Lipinski definition) is 7. The molecule has 0 radical (unpaired) electrons. The number of carbonyl (C=O) groups is 1. The van der Waals surface area contributed by atoms with E-state index in [0.717, 1.165) is 82.0 Å². The lowest BCUT2D eigenvalue weighted by Gasteiger charge is -2.60. The summed E-state index contributed by atoms with van der Waals surface area (Å²) < 4.78 is 6.86. The van der Waals surface area contributed by atoms with E-state index in [1.807, 2.05) is 24.3 Å². The number of carboxylic acids is 1. The van der Waals surface area contributed by atoms with Crippen LogP contribution >= 0.6 is 34.5 Å². The number of benzene rings is 2. The second-order valence-electron chi connectivity index (χ2n) is 12.2. The Balaban J connectivity index is 1.03. The van der Waals surface area contributed by atoms with Crippen LogP contribution in [0, 0.1) is 5.92 Å². The van der Waals surface area contributed by atoms with Gasteiger partial charge in [-0.1, -0.05) is 52.7 Å². The third-order valence-electron chi connectivity index (χ3n) is 9.51. The smallest absolute Gasteiger partial charge is 0.335 e. The minimum Gasteiger partial charge on any atom is -0.478 e. The Kier molecular flexibility index (Phi) is 6.15. The highest BCUT2D eigenvalue weighted by atomic mass is 35.5. The molecule has 212 valence electrons. The number of thiazole rings is 1. The van der Waals surface area contributed by atoms with Crippen LogP contribution in [-0.2, 0) is 6.54 Å². The molecule has 5 fully saturated rings. The highest BCUT2D eigenvalue weighted by molar-refractivity contribution is 7.22. The van der Waals surface area contributed by atoms with Crippen molar-refractivity contribution in [1.82, 2.24) is 15.5 Å². The number of anilines is 1. The molecule has 2 aromatic heterocycles. The summed E-state index contributed by atoms with van der Waals surface area (Å²) in [5.41, 5.74) is 5.02. The molecule has 10 heteroatoms. The van der Waals surface area contributed by atoms with Gasteiger partial charge in [0.25, 0.3) is 0 Å². The molecule has 4 heterocycles. The number of rotatable bonds is 8. The van der Waals surface area contributed by atoms with Gasteiger partial charge in [-0.2, -0.15) is 0 Å². The number of piperidine rings is 1. The monoisotopic (exact) mass is 608 g/mol.